The van der Waals surface area contributed by atoms with Crippen LogP contribution in [0.1, 0.15) is 40.0 Å². The number of nitrogens with one attached hydrogen (secondary N) is 2. The van der Waals surface area contributed by atoms with Crippen molar-refractivity contribution in [2.75, 3.05) is 6.54 Å². The van der Waals surface area contributed by atoms with Gasteiger partial charge in [0.1, 0.15) is 11.9 Å². The van der Waals surface area contributed by atoms with Crippen LogP contribution in [0, 0.1) is 0 Å². The Morgan fingerprint density at radius 3 is 2.44 bits per heavy atom. The van der Waals surface area contributed by atoms with Gasteiger partial charge >= 0.3 is 6.09 Å². The topological polar surface area (TPSA) is 84.5 Å². The normalized spacial score (nSPS) is 12.4. The highest BCUT2D eigenvalue weighted by Crippen LogP contribution is 2.06. The van der Waals surface area contributed by atoms with E-state index in [-0.39, 0.29) is 0 Å². The maximum absolute atomic E-state index is 11.3. The van der Waals surface area contributed by atoms with Crippen LogP contribution in [0.5, 0.6) is 0 Å². The molecule has 6 nitrogen and oxygen atoms in total. The summed E-state index contributed by atoms with van der Waals surface area (Å²) >= 11 is 0. The fourth-order valence-electron chi connectivity index (χ4n) is 1.27. The van der Waals surface area contributed by atoms with Crippen molar-refractivity contribution in [3.8, 4) is 0 Å². The second kappa shape index (κ2) is 8.49. The van der Waals surface area contributed by atoms with Crippen molar-refractivity contribution in [3.05, 3.63) is 0 Å². The van der Waals surface area contributed by atoms with Crippen LogP contribution in [0.2, 0.25) is 0 Å². The molecule has 0 rings (SSSR count). The van der Waals surface area contributed by atoms with Gasteiger partial charge in [-0.2, -0.15) is 0 Å². The third kappa shape index (κ3) is 9.62. The summed E-state index contributed by atoms with van der Waals surface area (Å²) in [5, 5.41) is 5.03. The SMILES string of the molecule is CC(C)(C)OC(=O)NCCCC[C@H](C=O)NC=O. The van der Waals surface area contributed by atoms with E-state index in [4.69, 9.17) is 4.74 Å². The molecule has 104 valence electrons. The first kappa shape index (κ1) is 16.4. The minimum absolute atomic E-state index is 0.441. The van der Waals surface area contributed by atoms with Crippen molar-refractivity contribution in [2.45, 2.75) is 51.7 Å². The van der Waals surface area contributed by atoms with E-state index in [1.165, 1.54) is 0 Å². The summed E-state index contributed by atoms with van der Waals surface area (Å²) in [5.74, 6) is 0. The monoisotopic (exact) mass is 258 g/mol. The summed E-state index contributed by atoms with van der Waals surface area (Å²) in [7, 11) is 0. The van der Waals surface area contributed by atoms with Crippen LogP contribution >= 0.6 is 0 Å². The summed E-state index contributed by atoms with van der Waals surface area (Å²) < 4.78 is 5.06. The summed E-state index contributed by atoms with van der Waals surface area (Å²) in [6.45, 7) is 5.88. The lowest BCUT2D eigenvalue weighted by molar-refractivity contribution is -0.115. The predicted octanol–water partition coefficient (Wildman–Crippen LogP) is 0.995. The Hall–Kier alpha value is -1.59. The van der Waals surface area contributed by atoms with Crippen LogP contribution in [0.25, 0.3) is 0 Å². The van der Waals surface area contributed by atoms with Crippen molar-refractivity contribution in [2.24, 2.45) is 0 Å². The van der Waals surface area contributed by atoms with Gasteiger partial charge < -0.3 is 20.2 Å². The van der Waals surface area contributed by atoms with Gasteiger partial charge in [-0.05, 0) is 40.0 Å². The molecule has 0 radical (unpaired) electrons. The Balaban J connectivity index is 3.59. The molecule has 0 aliphatic carbocycles. The molecule has 18 heavy (non-hydrogen) atoms. The van der Waals surface area contributed by atoms with Gasteiger partial charge in [0, 0.05) is 6.54 Å². The van der Waals surface area contributed by atoms with E-state index >= 15 is 0 Å². The molecule has 0 aromatic rings. The molecule has 0 saturated carbocycles. The van der Waals surface area contributed by atoms with E-state index in [1.54, 1.807) is 20.8 Å². The minimum Gasteiger partial charge on any atom is -0.444 e. The second-order valence-corrected chi connectivity index (χ2v) is 4.95. The van der Waals surface area contributed by atoms with Gasteiger partial charge in [-0.25, -0.2) is 4.79 Å². The molecular formula is C12H22N2O4. The molecular weight excluding hydrogens is 236 g/mol. The summed E-state index contributed by atoms with van der Waals surface area (Å²) in [6.07, 6.45) is 2.80. The molecule has 6 heteroatoms. The average molecular weight is 258 g/mol. The Labute approximate surface area is 107 Å². The summed E-state index contributed by atoms with van der Waals surface area (Å²) in [6, 6.07) is -0.441. The van der Waals surface area contributed by atoms with E-state index in [2.05, 4.69) is 10.6 Å². The zero-order valence-electron chi connectivity index (χ0n) is 11.2. The van der Waals surface area contributed by atoms with Crippen molar-refractivity contribution >= 4 is 18.8 Å². The van der Waals surface area contributed by atoms with Crippen molar-refractivity contribution in [3.63, 3.8) is 0 Å². The van der Waals surface area contributed by atoms with E-state index in [0.717, 1.165) is 12.8 Å². The number of rotatable bonds is 8. The molecule has 0 heterocycles. The zero-order chi connectivity index (χ0) is 14.0. The molecule has 0 spiro atoms. The third-order valence-corrected chi connectivity index (χ3v) is 2.06. The van der Waals surface area contributed by atoms with E-state index in [1.807, 2.05) is 0 Å². The van der Waals surface area contributed by atoms with Gasteiger partial charge in [0.25, 0.3) is 0 Å². The van der Waals surface area contributed by atoms with Crippen LogP contribution in [-0.2, 0) is 14.3 Å². The van der Waals surface area contributed by atoms with E-state index < -0.39 is 17.7 Å². The number of alkyl carbamates (subject to hydrolysis) is 1. The first-order valence-electron chi connectivity index (χ1n) is 6.01. The molecule has 0 bridgehead atoms. The molecule has 0 aliphatic heterocycles. The number of ether oxygens (including phenoxy) is 1. The molecule has 2 amide bonds. The van der Waals surface area contributed by atoms with Crippen molar-refractivity contribution in [1.29, 1.82) is 0 Å². The Kier molecular flexibility index (Phi) is 7.74. The molecule has 1 atom stereocenters. The van der Waals surface area contributed by atoms with Crippen molar-refractivity contribution in [1.82, 2.24) is 10.6 Å². The van der Waals surface area contributed by atoms with E-state index in [0.29, 0.717) is 25.7 Å². The minimum atomic E-state index is -0.499. The lowest BCUT2D eigenvalue weighted by Crippen LogP contribution is -2.33. The first-order chi connectivity index (χ1) is 8.39. The van der Waals surface area contributed by atoms with Crippen LogP contribution < -0.4 is 10.6 Å². The molecule has 0 fully saturated rings. The van der Waals surface area contributed by atoms with Gasteiger partial charge in [0.2, 0.25) is 6.41 Å². The molecule has 2 N–H and O–H groups in total. The van der Waals surface area contributed by atoms with Crippen LogP contribution in [0.3, 0.4) is 0 Å². The van der Waals surface area contributed by atoms with Crippen LogP contribution in [-0.4, -0.2) is 37.0 Å². The highest BCUT2D eigenvalue weighted by atomic mass is 16.6. The second-order valence-electron chi connectivity index (χ2n) is 4.95. The maximum Gasteiger partial charge on any atom is 0.407 e. The smallest absolute Gasteiger partial charge is 0.407 e. The van der Waals surface area contributed by atoms with Crippen LogP contribution in [0.15, 0.2) is 0 Å². The lowest BCUT2D eigenvalue weighted by Gasteiger charge is -2.19. The third-order valence-electron chi connectivity index (χ3n) is 2.06. The number of hydrogen-bond donors (Lipinski definition) is 2. The zero-order valence-corrected chi connectivity index (χ0v) is 11.2. The number of aldehydes is 1. The largest absolute Gasteiger partial charge is 0.444 e. The highest BCUT2D eigenvalue weighted by molar-refractivity contribution is 5.67. The quantitative estimate of drug-likeness (QED) is 0.502. The molecule has 0 unspecified atom stereocenters. The lowest BCUT2D eigenvalue weighted by atomic mass is 10.1. The molecule has 0 aliphatic rings. The fraction of sp³-hybridized carbons (Fsp3) is 0.750. The van der Waals surface area contributed by atoms with Gasteiger partial charge in [0.15, 0.2) is 0 Å². The number of amides is 2. The fourth-order valence-corrected chi connectivity index (χ4v) is 1.27. The van der Waals surface area contributed by atoms with Gasteiger partial charge in [0.05, 0.1) is 6.04 Å². The first-order valence-corrected chi connectivity index (χ1v) is 6.01. The van der Waals surface area contributed by atoms with Gasteiger partial charge in [-0.3, -0.25) is 4.79 Å². The number of carbonyl (C=O) groups is 3. The summed E-state index contributed by atoms with van der Waals surface area (Å²) in [4.78, 5) is 31.9. The van der Waals surface area contributed by atoms with Crippen LogP contribution in [0.4, 0.5) is 4.79 Å². The highest BCUT2D eigenvalue weighted by Gasteiger charge is 2.15. The molecule has 0 aromatic carbocycles. The average Bonchev–Trinajstić information content (AvgIpc) is 2.24. The summed E-state index contributed by atoms with van der Waals surface area (Å²) in [5.41, 5.74) is -0.499. The predicted molar refractivity (Wildman–Crippen MR) is 67.1 cm³/mol. The van der Waals surface area contributed by atoms with Crippen molar-refractivity contribution < 1.29 is 19.1 Å². The Morgan fingerprint density at radius 2 is 1.94 bits per heavy atom. The van der Waals surface area contributed by atoms with Gasteiger partial charge in [-0.15, -0.1) is 0 Å². The van der Waals surface area contributed by atoms with Gasteiger partial charge in [-0.1, -0.05) is 0 Å². The molecule has 0 aromatic heterocycles. The number of carbonyl (C=O) groups excluding carboxylic acids is 3. The molecule has 0 saturated heterocycles. The maximum atomic E-state index is 11.3. The number of hydrogen-bond acceptors (Lipinski definition) is 4. The Morgan fingerprint density at radius 1 is 1.28 bits per heavy atom. The van der Waals surface area contributed by atoms with E-state index in [9.17, 15) is 14.4 Å². The Bertz CT molecular complexity index is 274. The number of unbranched alkanes of at least 4 members (excludes halogenated alkanes) is 1. The standard InChI is InChI=1S/C12H22N2O4/c1-12(2,3)18-11(17)13-7-5-4-6-10(8-15)14-9-16/h8-10H,4-7H2,1-3H3,(H,13,17)(H,14,16)/t10-/m1/s1.